The second kappa shape index (κ2) is 4.09. The lowest BCUT2D eigenvalue weighted by molar-refractivity contribution is -0.0133. The second-order valence-corrected chi connectivity index (χ2v) is 7.01. The predicted molar refractivity (Wildman–Crippen MR) is 75.4 cm³/mol. The first-order valence-corrected chi connectivity index (χ1v) is 7.57. The molecule has 2 nitrogen and oxygen atoms in total. The first-order chi connectivity index (χ1) is 9.29. The van der Waals surface area contributed by atoms with E-state index in [1.54, 1.807) is 0 Å². The van der Waals surface area contributed by atoms with Crippen LogP contribution in [0.2, 0.25) is 0 Å². The Kier molecular flexibility index (Phi) is 2.48. The van der Waals surface area contributed by atoms with E-state index in [0.29, 0.717) is 0 Å². The van der Waals surface area contributed by atoms with Crippen molar-refractivity contribution in [1.29, 1.82) is 0 Å². The lowest BCUT2D eigenvalue weighted by atomic mass is 9.48. The first kappa shape index (κ1) is 11.5. The maximum Gasteiger partial charge on any atom is 0.0929 e. The summed E-state index contributed by atoms with van der Waals surface area (Å²) in [4.78, 5) is 0. The zero-order chi connectivity index (χ0) is 12.9. The molecule has 0 aliphatic heterocycles. The molecule has 0 atom stereocenters. The average molecular weight is 255 g/mol. The summed E-state index contributed by atoms with van der Waals surface area (Å²) < 4.78 is 0. The highest BCUT2D eigenvalue weighted by molar-refractivity contribution is 6.04. The summed E-state index contributed by atoms with van der Waals surface area (Å²) in [5.41, 5.74) is 2.25. The number of hydrogen-bond acceptors (Lipinski definition) is 2. The predicted octanol–water partition coefficient (Wildman–Crippen LogP) is 4.08. The maximum atomic E-state index is 9.63. The lowest BCUT2D eigenvalue weighted by Gasteiger charge is -2.56. The summed E-state index contributed by atoms with van der Waals surface area (Å²) in [5, 5.41) is 13.4. The third kappa shape index (κ3) is 1.73. The Balaban J connectivity index is 1.74. The van der Waals surface area contributed by atoms with Gasteiger partial charge in [-0.1, -0.05) is 35.5 Å². The second-order valence-electron chi connectivity index (χ2n) is 7.01. The van der Waals surface area contributed by atoms with Gasteiger partial charge in [0.2, 0.25) is 0 Å². The van der Waals surface area contributed by atoms with Gasteiger partial charge in [0.25, 0.3) is 0 Å². The molecule has 2 heteroatoms. The third-order valence-electron chi connectivity index (χ3n) is 5.69. The average Bonchev–Trinajstić information content (AvgIpc) is 2.38. The minimum Gasteiger partial charge on any atom is -0.411 e. The van der Waals surface area contributed by atoms with E-state index < -0.39 is 0 Å². The van der Waals surface area contributed by atoms with Crippen molar-refractivity contribution in [2.75, 3.05) is 0 Å². The van der Waals surface area contributed by atoms with Gasteiger partial charge >= 0.3 is 0 Å². The smallest absolute Gasteiger partial charge is 0.0929 e. The molecule has 4 fully saturated rings. The van der Waals surface area contributed by atoms with Gasteiger partial charge in [0.15, 0.2) is 0 Å². The molecule has 1 aromatic rings. The Hall–Kier alpha value is -1.31. The largest absolute Gasteiger partial charge is 0.411 e. The van der Waals surface area contributed by atoms with E-state index in [-0.39, 0.29) is 5.41 Å². The van der Waals surface area contributed by atoms with Crippen molar-refractivity contribution in [1.82, 2.24) is 0 Å². The monoisotopic (exact) mass is 255 g/mol. The van der Waals surface area contributed by atoms with Crippen LogP contribution in [-0.2, 0) is 0 Å². The van der Waals surface area contributed by atoms with E-state index in [2.05, 4.69) is 17.3 Å². The standard InChI is InChI=1S/C17H21NO/c19-18-16(15-4-2-1-3-5-15)17-9-12-6-13(10-17)8-14(7-12)11-17/h1-5,12-14,19H,6-11H2/b18-16+. The van der Waals surface area contributed by atoms with Crippen LogP contribution in [0.5, 0.6) is 0 Å². The maximum absolute atomic E-state index is 9.63. The van der Waals surface area contributed by atoms with Gasteiger partial charge in [-0.2, -0.15) is 0 Å². The zero-order valence-electron chi connectivity index (χ0n) is 11.3. The molecule has 4 bridgehead atoms. The topological polar surface area (TPSA) is 32.6 Å². The van der Waals surface area contributed by atoms with Crippen LogP contribution in [0.1, 0.15) is 44.1 Å². The Morgan fingerprint density at radius 3 is 1.95 bits per heavy atom. The van der Waals surface area contributed by atoms with Gasteiger partial charge < -0.3 is 5.21 Å². The van der Waals surface area contributed by atoms with Crippen LogP contribution < -0.4 is 0 Å². The molecule has 0 amide bonds. The number of oxime groups is 1. The van der Waals surface area contributed by atoms with Crippen LogP contribution in [-0.4, -0.2) is 10.9 Å². The molecule has 0 radical (unpaired) electrons. The van der Waals surface area contributed by atoms with Crippen LogP contribution in [0.15, 0.2) is 35.5 Å². The molecule has 0 aromatic heterocycles. The van der Waals surface area contributed by atoms with Crippen LogP contribution >= 0.6 is 0 Å². The van der Waals surface area contributed by atoms with Crippen molar-refractivity contribution < 1.29 is 5.21 Å². The summed E-state index contributed by atoms with van der Waals surface area (Å²) in [6.45, 7) is 0. The molecule has 0 spiro atoms. The lowest BCUT2D eigenvalue weighted by Crippen LogP contribution is -2.50. The summed E-state index contributed by atoms with van der Waals surface area (Å²) >= 11 is 0. The van der Waals surface area contributed by atoms with E-state index in [1.165, 1.54) is 38.5 Å². The van der Waals surface area contributed by atoms with E-state index in [1.807, 2.05) is 18.2 Å². The number of rotatable bonds is 2. The van der Waals surface area contributed by atoms with Crippen molar-refractivity contribution in [3.63, 3.8) is 0 Å². The van der Waals surface area contributed by atoms with Crippen molar-refractivity contribution >= 4 is 5.71 Å². The van der Waals surface area contributed by atoms with Gasteiger partial charge in [-0.15, -0.1) is 0 Å². The molecule has 100 valence electrons. The van der Waals surface area contributed by atoms with Gasteiger partial charge in [-0.05, 0) is 61.8 Å². The highest BCUT2D eigenvalue weighted by atomic mass is 16.4. The summed E-state index contributed by atoms with van der Waals surface area (Å²) in [5.74, 6) is 2.64. The van der Waals surface area contributed by atoms with Crippen LogP contribution in [0.3, 0.4) is 0 Å². The van der Waals surface area contributed by atoms with Gasteiger partial charge in [0.1, 0.15) is 0 Å². The Morgan fingerprint density at radius 2 is 1.47 bits per heavy atom. The van der Waals surface area contributed by atoms with Crippen molar-refractivity contribution in [2.45, 2.75) is 38.5 Å². The number of hydrogen-bond donors (Lipinski definition) is 1. The van der Waals surface area contributed by atoms with E-state index in [0.717, 1.165) is 29.0 Å². The summed E-state index contributed by atoms with van der Waals surface area (Å²) in [6.07, 6.45) is 8.00. The Morgan fingerprint density at radius 1 is 0.947 bits per heavy atom. The first-order valence-electron chi connectivity index (χ1n) is 7.57. The molecule has 4 aliphatic rings. The summed E-state index contributed by atoms with van der Waals surface area (Å²) in [7, 11) is 0. The van der Waals surface area contributed by atoms with Crippen molar-refractivity contribution in [3.8, 4) is 0 Å². The van der Waals surface area contributed by atoms with Gasteiger partial charge in [-0.3, -0.25) is 0 Å². The minimum absolute atomic E-state index is 0.171. The van der Waals surface area contributed by atoms with E-state index in [9.17, 15) is 5.21 Å². The minimum atomic E-state index is 0.171. The van der Waals surface area contributed by atoms with Crippen LogP contribution in [0.4, 0.5) is 0 Å². The normalized spacial score (nSPS) is 40.6. The Bertz CT molecular complexity index is 470. The molecule has 4 saturated carbocycles. The zero-order valence-corrected chi connectivity index (χ0v) is 11.3. The van der Waals surface area contributed by atoms with Crippen LogP contribution in [0.25, 0.3) is 0 Å². The SMILES string of the molecule is O/N=C(\c1ccccc1)C12CC3CC(CC(C3)C1)C2. The molecule has 1 N–H and O–H groups in total. The highest BCUT2D eigenvalue weighted by Gasteiger charge is 2.53. The molecule has 0 unspecified atom stereocenters. The number of nitrogens with zero attached hydrogens (tertiary/aromatic N) is 1. The molecule has 5 rings (SSSR count). The molecular formula is C17H21NO. The fraction of sp³-hybridized carbons (Fsp3) is 0.588. The molecule has 0 saturated heterocycles. The van der Waals surface area contributed by atoms with Crippen LogP contribution in [0, 0.1) is 23.2 Å². The Labute approximate surface area is 114 Å². The van der Waals surface area contributed by atoms with Crippen molar-refractivity contribution in [2.24, 2.45) is 28.3 Å². The third-order valence-corrected chi connectivity index (χ3v) is 5.69. The van der Waals surface area contributed by atoms with Gasteiger partial charge in [-0.25, -0.2) is 0 Å². The molecule has 1 aromatic carbocycles. The summed E-state index contributed by atoms with van der Waals surface area (Å²) in [6, 6.07) is 10.3. The van der Waals surface area contributed by atoms with E-state index >= 15 is 0 Å². The fourth-order valence-electron chi connectivity index (χ4n) is 5.47. The molecule has 19 heavy (non-hydrogen) atoms. The highest BCUT2D eigenvalue weighted by Crippen LogP contribution is 2.61. The molecule has 0 heterocycles. The number of benzene rings is 1. The van der Waals surface area contributed by atoms with Crippen molar-refractivity contribution in [3.05, 3.63) is 35.9 Å². The molecule has 4 aliphatic carbocycles. The van der Waals surface area contributed by atoms with Gasteiger partial charge in [0, 0.05) is 5.41 Å². The fourth-order valence-corrected chi connectivity index (χ4v) is 5.47. The molecular weight excluding hydrogens is 234 g/mol. The quantitative estimate of drug-likeness (QED) is 0.482. The van der Waals surface area contributed by atoms with E-state index in [4.69, 9.17) is 0 Å². The van der Waals surface area contributed by atoms with Gasteiger partial charge in [0.05, 0.1) is 5.71 Å².